The van der Waals surface area contributed by atoms with Crippen molar-refractivity contribution in [1.82, 2.24) is 9.36 Å². The Hall–Kier alpha value is -1.63. The molecule has 108 valence electrons. The van der Waals surface area contributed by atoms with Crippen LogP contribution in [0.5, 0.6) is 0 Å². The molecule has 0 amide bonds. The van der Waals surface area contributed by atoms with Crippen LogP contribution in [-0.4, -0.2) is 15.9 Å². The summed E-state index contributed by atoms with van der Waals surface area (Å²) in [4.78, 5) is 4.25. The predicted octanol–water partition coefficient (Wildman–Crippen LogP) is 3.97. The zero-order chi connectivity index (χ0) is 14.6. The van der Waals surface area contributed by atoms with Crippen LogP contribution >= 0.6 is 11.5 Å². The van der Waals surface area contributed by atoms with Gasteiger partial charge in [0.1, 0.15) is 5.82 Å². The van der Waals surface area contributed by atoms with Gasteiger partial charge in [0, 0.05) is 24.5 Å². The van der Waals surface area contributed by atoms with E-state index in [2.05, 4.69) is 14.7 Å². The zero-order valence-electron chi connectivity index (χ0n) is 10.9. The molecular formula is C13H14F3N3S. The number of anilines is 1. The molecule has 0 aliphatic rings. The summed E-state index contributed by atoms with van der Waals surface area (Å²) >= 11 is 1.22. The molecule has 2 aromatic rings. The van der Waals surface area contributed by atoms with E-state index in [1.165, 1.54) is 17.6 Å². The molecule has 0 fully saturated rings. The highest BCUT2D eigenvalue weighted by Crippen LogP contribution is 2.29. The lowest BCUT2D eigenvalue weighted by Gasteiger charge is -2.07. The molecule has 1 aromatic carbocycles. The number of alkyl halides is 3. The monoisotopic (exact) mass is 301 g/mol. The summed E-state index contributed by atoms with van der Waals surface area (Å²) in [6, 6.07) is 5.25. The van der Waals surface area contributed by atoms with E-state index in [1.807, 2.05) is 6.92 Å². The minimum atomic E-state index is -4.32. The van der Waals surface area contributed by atoms with Crippen molar-refractivity contribution in [2.45, 2.75) is 25.9 Å². The average Bonchev–Trinajstić information content (AvgIpc) is 2.83. The van der Waals surface area contributed by atoms with E-state index in [0.717, 1.165) is 25.1 Å². The molecule has 0 saturated heterocycles. The molecule has 7 heteroatoms. The molecule has 0 aliphatic carbocycles. The van der Waals surface area contributed by atoms with E-state index in [9.17, 15) is 13.2 Å². The fourth-order valence-electron chi connectivity index (χ4n) is 1.67. The van der Waals surface area contributed by atoms with Crippen molar-refractivity contribution in [2.24, 2.45) is 0 Å². The Balaban J connectivity index is 2.08. The van der Waals surface area contributed by atoms with Crippen molar-refractivity contribution in [3.05, 3.63) is 41.2 Å². The van der Waals surface area contributed by atoms with Gasteiger partial charge in [-0.05, 0) is 18.1 Å². The number of rotatable bonds is 5. The van der Waals surface area contributed by atoms with Crippen LogP contribution in [0.4, 0.5) is 18.3 Å². The van der Waals surface area contributed by atoms with E-state index in [1.54, 1.807) is 6.07 Å². The minimum Gasteiger partial charge on any atom is -0.360 e. The fraction of sp³-hybridized carbons (Fsp3) is 0.385. The van der Waals surface area contributed by atoms with Gasteiger partial charge in [-0.2, -0.15) is 17.5 Å². The van der Waals surface area contributed by atoms with Crippen LogP contribution in [0.15, 0.2) is 24.3 Å². The lowest BCUT2D eigenvalue weighted by Crippen LogP contribution is -2.05. The number of hydrogen-bond donors (Lipinski definition) is 1. The third-order valence-corrected chi connectivity index (χ3v) is 3.32. The maximum atomic E-state index is 12.6. The Kier molecular flexibility index (Phi) is 4.59. The molecule has 0 unspecified atom stereocenters. The van der Waals surface area contributed by atoms with Crippen molar-refractivity contribution in [2.75, 3.05) is 11.9 Å². The molecule has 20 heavy (non-hydrogen) atoms. The van der Waals surface area contributed by atoms with Crippen LogP contribution in [0.3, 0.4) is 0 Å². The Bertz CT molecular complexity index is 566. The summed E-state index contributed by atoms with van der Waals surface area (Å²) in [6.45, 7) is 2.84. The molecule has 0 saturated carbocycles. The van der Waals surface area contributed by atoms with E-state index >= 15 is 0 Å². The molecule has 0 bridgehead atoms. The molecule has 2 rings (SSSR count). The SMILES string of the molecule is CCCNc1nc(Cc2cccc(C(F)(F)F)c2)ns1. The molecule has 3 nitrogen and oxygen atoms in total. The van der Waals surface area contributed by atoms with Gasteiger partial charge in [-0.1, -0.05) is 25.1 Å². The third-order valence-electron chi connectivity index (χ3n) is 2.61. The summed E-state index contributed by atoms with van der Waals surface area (Å²) in [5.74, 6) is 0.535. The lowest BCUT2D eigenvalue weighted by molar-refractivity contribution is -0.137. The number of nitrogens with one attached hydrogen (secondary N) is 1. The first-order chi connectivity index (χ1) is 9.49. The standard InChI is InChI=1S/C13H14F3N3S/c1-2-6-17-12-18-11(19-20-12)8-9-4-3-5-10(7-9)13(14,15)16/h3-5,7H,2,6,8H2,1H3,(H,17,18,19). The average molecular weight is 301 g/mol. The van der Waals surface area contributed by atoms with Crippen molar-refractivity contribution < 1.29 is 13.2 Å². The van der Waals surface area contributed by atoms with Gasteiger partial charge >= 0.3 is 6.18 Å². The van der Waals surface area contributed by atoms with Crippen LogP contribution in [0, 0.1) is 0 Å². The first-order valence-electron chi connectivity index (χ1n) is 6.21. The first kappa shape index (κ1) is 14.8. The maximum absolute atomic E-state index is 12.6. The molecule has 1 aromatic heterocycles. The van der Waals surface area contributed by atoms with Gasteiger partial charge in [0.05, 0.1) is 5.56 Å². The Labute approximate surface area is 119 Å². The fourth-order valence-corrected chi connectivity index (χ4v) is 2.28. The molecule has 0 aliphatic heterocycles. The second kappa shape index (κ2) is 6.21. The van der Waals surface area contributed by atoms with Gasteiger partial charge in [0.2, 0.25) is 5.13 Å². The van der Waals surface area contributed by atoms with Crippen LogP contribution in [-0.2, 0) is 12.6 Å². The van der Waals surface area contributed by atoms with Crippen molar-refractivity contribution >= 4 is 16.7 Å². The summed E-state index contributed by atoms with van der Waals surface area (Å²) < 4.78 is 42.0. The number of hydrogen-bond acceptors (Lipinski definition) is 4. The molecule has 0 radical (unpaired) electrons. The second-order valence-electron chi connectivity index (χ2n) is 4.32. The van der Waals surface area contributed by atoms with Gasteiger partial charge in [-0.15, -0.1) is 0 Å². The summed E-state index contributed by atoms with van der Waals surface area (Å²) in [5.41, 5.74) is -0.0887. The molecule has 1 N–H and O–H groups in total. The largest absolute Gasteiger partial charge is 0.416 e. The summed E-state index contributed by atoms with van der Waals surface area (Å²) in [7, 11) is 0. The number of halogens is 3. The number of aromatic nitrogens is 2. The van der Waals surface area contributed by atoms with Crippen LogP contribution in [0.25, 0.3) is 0 Å². The highest BCUT2D eigenvalue weighted by atomic mass is 32.1. The topological polar surface area (TPSA) is 37.8 Å². The number of nitrogens with zero attached hydrogens (tertiary/aromatic N) is 2. The highest BCUT2D eigenvalue weighted by molar-refractivity contribution is 7.09. The number of benzene rings is 1. The Morgan fingerprint density at radius 1 is 1.30 bits per heavy atom. The quantitative estimate of drug-likeness (QED) is 0.908. The van der Waals surface area contributed by atoms with E-state index < -0.39 is 11.7 Å². The van der Waals surface area contributed by atoms with Gasteiger partial charge in [0.25, 0.3) is 0 Å². The normalized spacial score (nSPS) is 11.6. The van der Waals surface area contributed by atoms with Crippen molar-refractivity contribution in [3.63, 3.8) is 0 Å². The smallest absolute Gasteiger partial charge is 0.360 e. The van der Waals surface area contributed by atoms with Crippen LogP contribution in [0.1, 0.15) is 30.3 Å². The minimum absolute atomic E-state index is 0.300. The second-order valence-corrected chi connectivity index (χ2v) is 5.07. The zero-order valence-corrected chi connectivity index (χ0v) is 11.7. The molecule has 0 atom stereocenters. The van der Waals surface area contributed by atoms with Crippen molar-refractivity contribution in [1.29, 1.82) is 0 Å². The molecule has 1 heterocycles. The highest BCUT2D eigenvalue weighted by Gasteiger charge is 2.30. The third kappa shape index (κ3) is 3.93. The maximum Gasteiger partial charge on any atom is 0.416 e. The predicted molar refractivity (Wildman–Crippen MR) is 72.9 cm³/mol. The van der Waals surface area contributed by atoms with Gasteiger partial charge in [-0.3, -0.25) is 0 Å². The van der Waals surface area contributed by atoms with Gasteiger partial charge in [0.15, 0.2) is 0 Å². The molecular weight excluding hydrogens is 287 g/mol. The first-order valence-corrected chi connectivity index (χ1v) is 6.99. The summed E-state index contributed by atoms with van der Waals surface area (Å²) in [5, 5.41) is 3.80. The molecule has 0 spiro atoms. The van der Waals surface area contributed by atoms with Crippen molar-refractivity contribution in [3.8, 4) is 0 Å². The van der Waals surface area contributed by atoms with Gasteiger partial charge in [-0.25, -0.2) is 4.98 Å². The Morgan fingerprint density at radius 3 is 2.80 bits per heavy atom. The Morgan fingerprint density at radius 2 is 2.10 bits per heavy atom. The van der Waals surface area contributed by atoms with E-state index in [0.29, 0.717) is 22.9 Å². The lowest BCUT2D eigenvalue weighted by atomic mass is 10.1. The van der Waals surface area contributed by atoms with E-state index in [-0.39, 0.29) is 0 Å². The van der Waals surface area contributed by atoms with E-state index in [4.69, 9.17) is 0 Å². The summed E-state index contributed by atoms with van der Waals surface area (Å²) in [6.07, 6.45) is -3.05. The van der Waals surface area contributed by atoms with Crippen LogP contribution in [0.2, 0.25) is 0 Å². The van der Waals surface area contributed by atoms with Crippen LogP contribution < -0.4 is 5.32 Å². The van der Waals surface area contributed by atoms with Gasteiger partial charge < -0.3 is 5.32 Å².